The summed E-state index contributed by atoms with van der Waals surface area (Å²) in [5.74, 6) is -0.254. The lowest BCUT2D eigenvalue weighted by atomic mass is 9.96. The number of aliphatic hydroxyl groups excluding tert-OH is 5. The molecular weight excluding hydrogens is 602 g/mol. The van der Waals surface area contributed by atoms with Crippen molar-refractivity contribution < 1.29 is 49.3 Å². The van der Waals surface area contributed by atoms with Crippen molar-refractivity contribution in [3.8, 4) is 11.6 Å². The third-order valence-electron chi connectivity index (χ3n) is 7.85. The van der Waals surface area contributed by atoms with E-state index in [2.05, 4.69) is 20.8 Å². The summed E-state index contributed by atoms with van der Waals surface area (Å²) >= 11 is 0. The minimum Gasteiger partial charge on any atom is -0.494 e. The Balaban J connectivity index is 1.57. The molecule has 2 aromatic rings. The lowest BCUT2D eigenvalue weighted by molar-refractivity contribution is -0.278. The normalized spacial score (nSPS) is 22.5. The smallest absolute Gasteiger partial charge is 0.242 e. The van der Waals surface area contributed by atoms with Gasteiger partial charge >= 0.3 is 0 Å². The Morgan fingerprint density at radius 1 is 1.15 bits per heavy atom. The van der Waals surface area contributed by atoms with Gasteiger partial charge < -0.3 is 56.1 Å². The zero-order chi connectivity index (χ0) is 34.2. The van der Waals surface area contributed by atoms with Crippen molar-refractivity contribution >= 4 is 11.8 Å². The molecule has 1 fully saturated rings. The van der Waals surface area contributed by atoms with Gasteiger partial charge in [-0.1, -0.05) is 19.9 Å². The van der Waals surface area contributed by atoms with Crippen molar-refractivity contribution in [3.05, 3.63) is 40.6 Å². The Morgan fingerprint density at radius 3 is 2.48 bits per heavy atom. The number of benzene rings is 1. The molecule has 3 rings (SSSR count). The SMILES string of the molecule is Cc1cc(OCCCNC(C)(C)CC(=O)N[C@@H](CO)C(N)=O)ccc1Cc1c(O[C@@H]2O[C@H](CO)[C@@H](O)[C@H](O)[C@H]2O)n[nH]c1C(C)C. The summed E-state index contributed by atoms with van der Waals surface area (Å²) in [7, 11) is 0. The number of hydrogen-bond acceptors (Lipinski definition) is 12. The summed E-state index contributed by atoms with van der Waals surface area (Å²) in [5.41, 5.74) is 8.12. The highest BCUT2D eigenvalue weighted by Crippen LogP contribution is 2.32. The van der Waals surface area contributed by atoms with E-state index in [1.165, 1.54) is 0 Å². The van der Waals surface area contributed by atoms with Crippen LogP contribution in [-0.4, -0.2) is 116 Å². The minimum atomic E-state index is -1.57. The minimum absolute atomic E-state index is 0.0677. The molecule has 2 amide bonds. The van der Waals surface area contributed by atoms with Gasteiger partial charge in [-0.15, -0.1) is 5.10 Å². The first-order chi connectivity index (χ1) is 21.7. The van der Waals surface area contributed by atoms with E-state index in [1.54, 1.807) is 0 Å². The monoisotopic (exact) mass is 651 g/mol. The Hall–Kier alpha value is -3.31. The first-order valence-corrected chi connectivity index (χ1v) is 15.4. The first-order valence-electron chi connectivity index (χ1n) is 15.4. The van der Waals surface area contributed by atoms with Crippen LogP contribution in [0.5, 0.6) is 11.6 Å². The van der Waals surface area contributed by atoms with E-state index in [-0.39, 0.29) is 18.2 Å². The van der Waals surface area contributed by atoms with E-state index in [0.29, 0.717) is 31.7 Å². The highest BCUT2D eigenvalue weighted by molar-refractivity contribution is 5.87. The molecule has 1 aromatic carbocycles. The van der Waals surface area contributed by atoms with Gasteiger partial charge in [0.25, 0.3) is 0 Å². The largest absolute Gasteiger partial charge is 0.494 e. The van der Waals surface area contributed by atoms with E-state index in [9.17, 15) is 35.1 Å². The summed E-state index contributed by atoms with van der Waals surface area (Å²) in [5, 5.41) is 62.4. The molecule has 15 heteroatoms. The lowest BCUT2D eigenvalue weighted by Crippen LogP contribution is -2.60. The number of ether oxygens (including phenoxy) is 3. The summed E-state index contributed by atoms with van der Waals surface area (Å²) < 4.78 is 17.4. The number of H-pyrrole nitrogens is 1. The number of hydrogen-bond donors (Lipinski definition) is 9. The van der Waals surface area contributed by atoms with E-state index in [0.717, 1.165) is 22.4 Å². The molecular formula is C31H49N5O10. The summed E-state index contributed by atoms with van der Waals surface area (Å²) in [6.07, 6.45) is -5.89. The average Bonchev–Trinajstić information content (AvgIpc) is 3.38. The number of carbonyl (C=O) groups excluding carboxylic acids is 2. The molecule has 258 valence electrons. The molecule has 1 aliphatic rings. The number of amides is 2. The summed E-state index contributed by atoms with van der Waals surface area (Å²) in [6, 6.07) is 4.63. The Bertz CT molecular complexity index is 1300. The number of aliphatic hydroxyl groups is 5. The molecule has 46 heavy (non-hydrogen) atoms. The first kappa shape index (κ1) is 37.2. The maximum Gasteiger partial charge on any atom is 0.242 e. The van der Waals surface area contributed by atoms with Crippen LogP contribution in [0.2, 0.25) is 0 Å². The molecule has 0 unspecified atom stereocenters. The summed E-state index contributed by atoms with van der Waals surface area (Å²) in [4.78, 5) is 23.5. The molecule has 2 heterocycles. The molecule has 10 N–H and O–H groups in total. The highest BCUT2D eigenvalue weighted by Gasteiger charge is 2.45. The van der Waals surface area contributed by atoms with Crippen LogP contribution in [0.15, 0.2) is 18.2 Å². The zero-order valence-corrected chi connectivity index (χ0v) is 27.0. The van der Waals surface area contributed by atoms with Crippen LogP contribution < -0.4 is 25.8 Å². The van der Waals surface area contributed by atoms with Crippen LogP contribution in [0, 0.1) is 6.92 Å². The lowest BCUT2D eigenvalue weighted by Gasteiger charge is -2.39. The van der Waals surface area contributed by atoms with Crippen molar-refractivity contribution in [3.63, 3.8) is 0 Å². The Labute approximate surface area is 268 Å². The standard InChI is InChI=1S/C31H49N5O10/c1-16(2)24-20(29(36-35-24)46-30-27(42)26(41)25(40)22(15-38)45-30)12-18-7-8-19(11-17(18)3)44-10-6-9-33-31(4,5)13-23(39)34-21(14-37)28(32)43/h7-8,11,16,21-22,25-27,30,33,37-38,40-42H,6,9-10,12-15H2,1-5H3,(H2,32,43)(H,34,39)(H,35,36)/t21-,22+,25+,26-,27+,30-/m0/s1. The predicted molar refractivity (Wildman–Crippen MR) is 166 cm³/mol. The average molecular weight is 652 g/mol. The number of primary amides is 1. The molecule has 0 spiro atoms. The van der Waals surface area contributed by atoms with Gasteiger partial charge in [0.15, 0.2) is 0 Å². The summed E-state index contributed by atoms with van der Waals surface area (Å²) in [6.45, 7) is 9.56. The highest BCUT2D eigenvalue weighted by atomic mass is 16.7. The molecule has 0 bridgehead atoms. The third kappa shape index (κ3) is 9.84. The number of aryl methyl sites for hydroxylation is 1. The number of rotatable bonds is 17. The molecule has 0 saturated carbocycles. The van der Waals surface area contributed by atoms with Gasteiger partial charge in [-0.05, 0) is 62.9 Å². The van der Waals surface area contributed by atoms with Gasteiger partial charge in [0, 0.05) is 29.6 Å². The Kier molecular flexibility index (Phi) is 13.3. The zero-order valence-electron chi connectivity index (χ0n) is 27.0. The number of aromatic amines is 1. The second-order valence-electron chi connectivity index (χ2n) is 12.6. The van der Waals surface area contributed by atoms with Gasteiger partial charge in [0.2, 0.25) is 24.0 Å². The number of nitrogens with zero attached hydrogens (tertiary/aromatic N) is 1. The van der Waals surface area contributed by atoms with Crippen molar-refractivity contribution in [2.75, 3.05) is 26.4 Å². The van der Waals surface area contributed by atoms with Crippen LogP contribution in [0.3, 0.4) is 0 Å². The van der Waals surface area contributed by atoms with Crippen molar-refractivity contribution in [1.29, 1.82) is 0 Å². The maximum atomic E-state index is 12.2. The van der Waals surface area contributed by atoms with E-state index < -0.39 is 67.3 Å². The molecule has 6 atom stereocenters. The van der Waals surface area contributed by atoms with Crippen LogP contribution in [-0.2, 0) is 20.7 Å². The van der Waals surface area contributed by atoms with Crippen molar-refractivity contribution in [2.45, 2.75) is 102 Å². The fourth-order valence-corrected chi connectivity index (χ4v) is 5.13. The number of nitrogens with two attached hydrogens (primary N) is 1. The van der Waals surface area contributed by atoms with Gasteiger partial charge in [-0.2, -0.15) is 0 Å². The number of carbonyl (C=O) groups is 2. The number of nitrogens with one attached hydrogen (secondary N) is 3. The Morgan fingerprint density at radius 2 is 1.87 bits per heavy atom. The fourth-order valence-electron chi connectivity index (χ4n) is 5.13. The van der Waals surface area contributed by atoms with Gasteiger partial charge in [0.05, 0.1) is 19.8 Å². The molecule has 1 aliphatic heterocycles. The van der Waals surface area contributed by atoms with Gasteiger partial charge in [0.1, 0.15) is 36.2 Å². The third-order valence-corrected chi connectivity index (χ3v) is 7.85. The quantitative estimate of drug-likeness (QED) is 0.0946. The van der Waals surface area contributed by atoms with Crippen LogP contribution >= 0.6 is 0 Å². The van der Waals surface area contributed by atoms with Crippen molar-refractivity contribution in [1.82, 2.24) is 20.8 Å². The topological polar surface area (TPSA) is 242 Å². The van der Waals surface area contributed by atoms with E-state index in [4.69, 9.17) is 19.9 Å². The maximum absolute atomic E-state index is 12.2. The van der Waals surface area contributed by atoms with Crippen LogP contribution in [0.4, 0.5) is 0 Å². The van der Waals surface area contributed by atoms with Gasteiger partial charge in [-0.25, -0.2) is 0 Å². The molecule has 15 nitrogen and oxygen atoms in total. The van der Waals surface area contributed by atoms with Gasteiger partial charge in [-0.3, -0.25) is 14.7 Å². The predicted octanol–water partition coefficient (Wildman–Crippen LogP) is -0.899. The van der Waals surface area contributed by atoms with Crippen LogP contribution in [0.25, 0.3) is 0 Å². The van der Waals surface area contributed by atoms with Crippen LogP contribution in [0.1, 0.15) is 68.8 Å². The van der Waals surface area contributed by atoms with E-state index >= 15 is 0 Å². The fraction of sp³-hybridized carbons (Fsp3) is 0.645. The number of aromatic nitrogens is 2. The molecule has 0 aliphatic carbocycles. The molecule has 1 aromatic heterocycles. The molecule has 0 radical (unpaired) electrons. The van der Waals surface area contributed by atoms with Crippen molar-refractivity contribution in [2.24, 2.45) is 5.73 Å². The van der Waals surface area contributed by atoms with E-state index in [1.807, 2.05) is 52.8 Å². The molecule has 1 saturated heterocycles. The second-order valence-corrected chi connectivity index (χ2v) is 12.6. The second kappa shape index (κ2) is 16.5.